The number of nitrogens with one attached hydrogen (secondary N) is 3. The summed E-state index contributed by atoms with van der Waals surface area (Å²) in [6.07, 6.45) is 1.32. The highest BCUT2D eigenvalue weighted by molar-refractivity contribution is 5.93. The highest BCUT2D eigenvalue weighted by Crippen LogP contribution is 2.13. The average molecular weight is 303 g/mol. The third-order valence-electron chi connectivity index (χ3n) is 3.79. The second-order valence-electron chi connectivity index (χ2n) is 5.06. The maximum atomic E-state index is 12.1. The lowest BCUT2D eigenvalue weighted by Crippen LogP contribution is -2.45. The molecule has 0 unspecified atom stereocenters. The molecule has 0 bridgehead atoms. The Morgan fingerprint density at radius 2 is 2.30 bits per heavy atom. The standard InChI is InChI=1S/C13H22N4O2.ClH/c1-3-10-8(2)12(17-16-10)13(19)15-6-9-4-5-14-7-11(9)18;/h9,11,14,18H,3-7H2,1-2H3,(H,15,19)(H,16,17);1H/t9-,11+;/m0./s1. The van der Waals surface area contributed by atoms with Crippen LogP contribution in [0.1, 0.15) is 35.1 Å². The summed E-state index contributed by atoms with van der Waals surface area (Å²) in [5.74, 6) is -0.0470. The van der Waals surface area contributed by atoms with Crippen molar-refractivity contribution >= 4 is 18.3 Å². The topological polar surface area (TPSA) is 90.0 Å². The summed E-state index contributed by atoms with van der Waals surface area (Å²) in [6.45, 7) is 5.90. The number of carbonyl (C=O) groups excluding carboxylic acids is 1. The van der Waals surface area contributed by atoms with Crippen molar-refractivity contribution < 1.29 is 9.90 Å². The number of aliphatic hydroxyl groups is 1. The maximum absolute atomic E-state index is 12.1. The second kappa shape index (κ2) is 7.61. The zero-order valence-electron chi connectivity index (χ0n) is 11.9. The van der Waals surface area contributed by atoms with Crippen molar-refractivity contribution in [1.29, 1.82) is 0 Å². The molecule has 7 heteroatoms. The van der Waals surface area contributed by atoms with Crippen LogP contribution in [0.3, 0.4) is 0 Å². The number of aromatic nitrogens is 2. The minimum atomic E-state index is -0.388. The lowest BCUT2D eigenvalue weighted by molar-refractivity contribution is 0.0751. The molecule has 4 N–H and O–H groups in total. The van der Waals surface area contributed by atoms with E-state index in [-0.39, 0.29) is 30.3 Å². The highest BCUT2D eigenvalue weighted by Gasteiger charge is 2.24. The number of aryl methyl sites for hydroxylation is 1. The molecule has 1 aliphatic heterocycles. The van der Waals surface area contributed by atoms with Crippen molar-refractivity contribution in [1.82, 2.24) is 20.8 Å². The van der Waals surface area contributed by atoms with Crippen molar-refractivity contribution in [2.45, 2.75) is 32.8 Å². The van der Waals surface area contributed by atoms with Crippen molar-refractivity contribution in [3.63, 3.8) is 0 Å². The van der Waals surface area contributed by atoms with E-state index in [2.05, 4.69) is 20.8 Å². The van der Waals surface area contributed by atoms with Crippen LogP contribution in [0.15, 0.2) is 0 Å². The highest BCUT2D eigenvalue weighted by atomic mass is 35.5. The lowest BCUT2D eigenvalue weighted by atomic mass is 9.95. The smallest absolute Gasteiger partial charge is 0.272 e. The Hall–Kier alpha value is -1.11. The molecule has 6 nitrogen and oxygen atoms in total. The first-order chi connectivity index (χ1) is 9.13. The van der Waals surface area contributed by atoms with Crippen LogP contribution < -0.4 is 10.6 Å². The van der Waals surface area contributed by atoms with Gasteiger partial charge in [0.2, 0.25) is 0 Å². The van der Waals surface area contributed by atoms with Gasteiger partial charge in [-0.2, -0.15) is 5.10 Å². The normalized spacial score (nSPS) is 22.1. The van der Waals surface area contributed by atoms with Crippen LogP contribution in [-0.4, -0.2) is 46.9 Å². The van der Waals surface area contributed by atoms with Gasteiger partial charge < -0.3 is 15.7 Å². The van der Waals surface area contributed by atoms with E-state index in [0.717, 1.165) is 30.6 Å². The molecule has 1 aromatic heterocycles. The van der Waals surface area contributed by atoms with Gasteiger partial charge >= 0.3 is 0 Å². The Balaban J connectivity index is 0.00000200. The van der Waals surface area contributed by atoms with Crippen LogP contribution in [0.2, 0.25) is 0 Å². The lowest BCUT2D eigenvalue weighted by Gasteiger charge is -2.28. The van der Waals surface area contributed by atoms with E-state index in [4.69, 9.17) is 0 Å². The Bertz CT molecular complexity index is 450. The monoisotopic (exact) mass is 302 g/mol. The molecule has 1 fully saturated rings. The summed E-state index contributed by atoms with van der Waals surface area (Å²) < 4.78 is 0. The van der Waals surface area contributed by atoms with Gasteiger partial charge in [-0.1, -0.05) is 6.92 Å². The number of halogens is 1. The molecule has 1 saturated heterocycles. The first kappa shape index (κ1) is 16.9. The molecular weight excluding hydrogens is 280 g/mol. The SMILES string of the molecule is CCc1[nH]nc(C(=O)NC[C@@H]2CCNC[C@H]2O)c1C.Cl. The summed E-state index contributed by atoms with van der Waals surface area (Å²) in [7, 11) is 0. The number of rotatable bonds is 4. The number of H-pyrrole nitrogens is 1. The van der Waals surface area contributed by atoms with Gasteiger partial charge in [-0.05, 0) is 26.3 Å². The number of nitrogens with zero attached hydrogens (tertiary/aromatic N) is 1. The molecule has 0 aliphatic carbocycles. The largest absolute Gasteiger partial charge is 0.391 e. The van der Waals surface area contributed by atoms with E-state index < -0.39 is 0 Å². The van der Waals surface area contributed by atoms with Gasteiger partial charge in [0, 0.05) is 30.3 Å². The number of β-amino-alcohol motifs (C(OH)–C–C–N with tert-alkyl or cyclic N) is 1. The first-order valence-corrected chi connectivity index (χ1v) is 6.84. The molecule has 2 rings (SSSR count). The van der Waals surface area contributed by atoms with Crippen LogP contribution in [0.25, 0.3) is 0 Å². The van der Waals surface area contributed by atoms with Gasteiger partial charge in [-0.3, -0.25) is 9.89 Å². The fraction of sp³-hybridized carbons (Fsp3) is 0.692. The van der Waals surface area contributed by atoms with Gasteiger partial charge in [0.05, 0.1) is 6.10 Å². The number of hydrogen-bond acceptors (Lipinski definition) is 4. The molecule has 0 spiro atoms. The molecule has 114 valence electrons. The predicted molar refractivity (Wildman–Crippen MR) is 79.3 cm³/mol. The zero-order valence-corrected chi connectivity index (χ0v) is 12.7. The van der Waals surface area contributed by atoms with E-state index >= 15 is 0 Å². The Morgan fingerprint density at radius 1 is 1.55 bits per heavy atom. The summed E-state index contributed by atoms with van der Waals surface area (Å²) in [5.41, 5.74) is 2.36. The molecule has 0 aromatic carbocycles. The van der Waals surface area contributed by atoms with Crippen LogP contribution >= 0.6 is 12.4 Å². The van der Waals surface area contributed by atoms with E-state index in [1.54, 1.807) is 0 Å². The van der Waals surface area contributed by atoms with Gasteiger partial charge in [0.25, 0.3) is 5.91 Å². The van der Waals surface area contributed by atoms with Crippen LogP contribution in [0.4, 0.5) is 0 Å². The molecular formula is C13H23ClN4O2. The Morgan fingerprint density at radius 3 is 2.90 bits per heavy atom. The Kier molecular flexibility index (Phi) is 6.45. The van der Waals surface area contributed by atoms with E-state index in [1.807, 2.05) is 13.8 Å². The maximum Gasteiger partial charge on any atom is 0.272 e. The van der Waals surface area contributed by atoms with E-state index in [1.165, 1.54) is 0 Å². The summed E-state index contributed by atoms with van der Waals surface area (Å²) in [4.78, 5) is 12.1. The van der Waals surface area contributed by atoms with Crippen molar-refractivity contribution in [2.24, 2.45) is 5.92 Å². The van der Waals surface area contributed by atoms with Crippen LogP contribution in [0.5, 0.6) is 0 Å². The molecule has 0 radical (unpaired) electrons. The third-order valence-corrected chi connectivity index (χ3v) is 3.79. The Labute approximate surface area is 125 Å². The number of carbonyl (C=O) groups is 1. The molecule has 0 saturated carbocycles. The van der Waals surface area contributed by atoms with Crippen LogP contribution in [0, 0.1) is 12.8 Å². The summed E-state index contributed by atoms with van der Waals surface area (Å²) in [5, 5.41) is 22.7. The number of aliphatic hydroxyl groups excluding tert-OH is 1. The van der Waals surface area contributed by atoms with E-state index in [9.17, 15) is 9.90 Å². The summed E-state index contributed by atoms with van der Waals surface area (Å²) >= 11 is 0. The van der Waals surface area contributed by atoms with Crippen molar-refractivity contribution in [2.75, 3.05) is 19.6 Å². The molecule has 20 heavy (non-hydrogen) atoms. The number of piperidine rings is 1. The molecule has 1 aromatic rings. The number of amides is 1. The van der Waals surface area contributed by atoms with Gasteiger partial charge in [0.15, 0.2) is 5.69 Å². The first-order valence-electron chi connectivity index (χ1n) is 6.84. The fourth-order valence-electron chi connectivity index (χ4n) is 2.44. The van der Waals surface area contributed by atoms with E-state index in [0.29, 0.717) is 18.8 Å². The molecule has 2 atom stereocenters. The zero-order chi connectivity index (χ0) is 13.8. The van der Waals surface area contributed by atoms with Gasteiger partial charge in [0.1, 0.15) is 0 Å². The minimum absolute atomic E-state index is 0. The van der Waals surface area contributed by atoms with Gasteiger partial charge in [-0.25, -0.2) is 0 Å². The second-order valence-corrected chi connectivity index (χ2v) is 5.06. The average Bonchev–Trinajstić information content (AvgIpc) is 2.78. The third kappa shape index (κ3) is 3.71. The molecule has 1 amide bonds. The number of hydrogen-bond donors (Lipinski definition) is 4. The van der Waals surface area contributed by atoms with Gasteiger partial charge in [-0.15, -0.1) is 12.4 Å². The van der Waals surface area contributed by atoms with Crippen molar-refractivity contribution in [3.8, 4) is 0 Å². The summed E-state index contributed by atoms with van der Waals surface area (Å²) in [6, 6.07) is 0. The number of aromatic amines is 1. The van der Waals surface area contributed by atoms with Crippen molar-refractivity contribution in [3.05, 3.63) is 17.0 Å². The quantitative estimate of drug-likeness (QED) is 0.648. The minimum Gasteiger partial charge on any atom is -0.391 e. The molecule has 1 aliphatic rings. The van der Waals surface area contributed by atoms with Crippen LogP contribution in [-0.2, 0) is 6.42 Å². The predicted octanol–water partition coefficient (Wildman–Crippen LogP) is 0.403. The molecule has 2 heterocycles. The fourth-order valence-corrected chi connectivity index (χ4v) is 2.44.